The lowest BCUT2D eigenvalue weighted by Gasteiger charge is -2.03. The van der Waals surface area contributed by atoms with Crippen LogP contribution in [-0.4, -0.2) is 0 Å². The van der Waals surface area contributed by atoms with Crippen molar-refractivity contribution in [3.8, 4) is 0 Å². The van der Waals surface area contributed by atoms with Crippen LogP contribution in [0.15, 0.2) is 36.4 Å². The van der Waals surface area contributed by atoms with Crippen LogP contribution in [0.1, 0.15) is 5.56 Å². The van der Waals surface area contributed by atoms with Gasteiger partial charge in [-0.1, -0.05) is 40.2 Å². The van der Waals surface area contributed by atoms with E-state index in [0.717, 1.165) is 16.4 Å². The molecule has 0 saturated carbocycles. The average Bonchev–Trinajstić information content (AvgIpc) is 2.18. The van der Waals surface area contributed by atoms with E-state index in [9.17, 15) is 0 Å². The van der Waals surface area contributed by atoms with Crippen LogP contribution in [0, 0.1) is 0 Å². The van der Waals surface area contributed by atoms with Crippen LogP contribution in [0.4, 0.5) is 5.69 Å². The Balaban J connectivity index is 2.74. The summed E-state index contributed by atoms with van der Waals surface area (Å²) in [5, 5.41) is 3.21. The number of hydrogen-bond acceptors (Lipinski definition) is 1. The fourth-order valence-corrected chi connectivity index (χ4v) is 1.78. The summed E-state index contributed by atoms with van der Waals surface area (Å²) in [6.07, 6.45) is 0. The second-order valence-electron chi connectivity index (χ2n) is 3.04. The minimum atomic E-state index is 0.848. The Morgan fingerprint density at radius 3 is 2.77 bits per heavy atom. The van der Waals surface area contributed by atoms with Gasteiger partial charge in [0.25, 0.3) is 0 Å². The van der Waals surface area contributed by atoms with Crippen molar-refractivity contribution in [3.05, 3.63) is 42.0 Å². The van der Waals surface area contributed by atoms with Gasteiger partial charge in [0, 0.05) is 16.4 Å². The molecular weight excluding hydrogens is 226 g/mol. The molecule has 1 nitrogen and oxygen atoms in total. The maximum atomic E-state index is 5.86. The van der Waals surface area contributed by atoms with E-state index in [4.69, 9.17) is 5.73 Å². The second kappa shape index (κ2) is 3.38. The van der Waals surface area contributed by atoms with Crippen LogP contribution in [0.3, 0.4) is 0 Å². The fraction of sp³-hybridized carbons (Fsp3) is 0.0909. The number of fused-ring (bicyclic) bond motifs is 1. The van der Waals surface area contributed by atoms with E-state index in [0.29, 0.717) is 0 Å². The van der Waals surface area contributed by atoms with Gasteiger partial charge < -0.3 is 5.73 Å². The Kier molecular flexibility index (Phi) is 2.23. The molecule has 0 heterocycles. The molecule has 0 aliphatic heterocycles. The zero-order valence-corrected chi connectivity index (χ0v) is 8.71. The molecule has 0 fully saturated rings. The Hall–Kier alpha value is -1.02. The molecule has 0 bridgehead atoms. The summed E-state index contributed by atoms with van der Waals surface area (Å²) < 4.78 is 0. The van der Waals surface area contributed by atoms with Gasteiger partial charge in [0.15, 0.2) is 0 Å². The van der Waals surface area contributed by atoms with Gasteiger partial charge in [-0.3, -0.25) is 0 Å². The van der Waals surface area contributed by atoms with Crippen molar-refractivity contribution < 1.29 is 0 Å². The standard InChI is InChI=1S/C11H10BrN/c12-7-8-4-5-9-2-1-3-11(13)10(9)6-8/h1-6H,7,13H2. The highest BCUT2D eigenvalue weighted by Gasteiger charge is 1.97. The molecule has 0 radical (unpaired) electrons. The molecular formula is C11H10BrN. The van der Waals surface area contributed by atoms with Crippen LogP contribution < -0.4 is 5.73 Å². The normalized spacial score (nSPS) is 10.5. The number of nitrogen functional groups attached to an aromatic ring is 1. The zero-order chi connectivity index (χ0) is 9.26. The molecule has 2 heteroatoms. The third-order valence-electron chi connectivity index (χ3n) is 2.13. The van der Waals surface area contributed by atoms with Gasteiger partial charge in [-0.2, -0.15) is 0 Å². The monoisotopic (exact) mass is 235 g/mol. The first-order valence-electron chi connectivity index (χ1n) is 4.14. The predicted molar refractivity (Wildman–Crippen MR) is 61.0 cm³/mol. The maximum Gasteiger partial charge on any atom is 0.0393 e. The number of alkyl halides is 1. The molecule has 0 saturated heterocycles. The SMILES string of the molecule is Nc1cccc2ccc(CBr)cc12. The van der Waals surface area contributed by atoms with Crippen molar-refractivity contribution in [2.45, 2.75) is 5.33 Å². The topological polar surface area (TPSA) is 26.0 Å². The molecule has 0 spiro atoms. The van der Waals surface area contributed by atoms with Gasteiger partial charge >= 0.3 is 0 Å². The Labute approximate surface area is 85.7 Å². The van der Waals surface area contributed by atoms with Crippen LogP contribution in [0.25, 0.3) is 10.8 Å². The summed E-state index contributed by atoms with van der Waals surface area (Å²) in [5.41, 5.74) is 7.97. The van der Waals surface area contributed by atoms with Crippen molar-refractivity contribution in [1.82, 2.24) is 0 Å². The average molecular weight is 236 g/mol. The first-order chi connectivity index (χ1) is 6.31. The first kappa shape index (κ1) is 8.57. The first-order valence-corrected chi connectivity index (χ1v) is 5.26. The second-order valence-corrected chi connectivity index (χ2v) is 3.60. The molecule has 2 aromatic rings. The summed E-state index contributed by atoms with van der Waals surface area (Å²) in [4.78, 5) is 0. The quantitative estimate of drug-likeness (QED) is 0.596. The van der Waals surface area contributed by atoms with Gasteiger partial charge in [-0.05, 0) is 23.1 Å². The molecule has 2 rings (SSSR count). The minimum absolute atomic E-state index is 0.848. The minimum Gasteiger partial charge on any atom is -0.398 e. The van der Waals surface area contributed by atoms with Gasteiger partial charge in [0.1, 0.15) is 0 Å². The van der Waals surface area contributed by atoms with E-state index < -0.39 is 0 Å². The maximum absolute atomic E-state index is 5.86. The van der Waals surface area contributed by atoms with E-state index in [-0.39, 0.29) is 0 Å². The zero-order valence-electron chi connectivity index (χ0n) is 7.13. The van der Waals surface area contributed by atoms with Crippen molar-refractivity contribution >= 4 is 32.4 Å². The van der Waals surface area contributed by atoms with E-state index in [1.54, 1.807) is 0 Å². The third kappa shape index (κ3) is 1.54. The molecule has 0 unspecified atom stereocenters. The van der Waals surface area contributed by atoms with E-state index in [2.05, 4.69) is 40.2 Å². The van der Waals surface area contributed by atoms with Crippen LogP contribution in [0.5, 0.6) is 0 Å². The smallest absolute Gasteiger partial charge is 0.0393 e. The van der Waals surface area contributed by atoms with E-state index in [1.807, 2.05) is 12.1 Å². The summed E-state index contributed by atoms with van der Waals surface area (Å²) >= 11 is 3.43. The lowest BCUT2D eigenvalue weighted by atomic mass is 10.1. The fourth-order valence-electron chi connectivity index (χ4n) is 1.43. The Bertz CT molecular complexity index is 437. The number of halogens is 1. The Morgan fingerprint density at radius 2 is 2.00 bits per heavy atom. The van der Waals surface area contributed by atoms with E-state index >= 15 is 0 Å². The number of nitrogens with two attached hydrogens (primary N) is 1. The molecule has 2 aromatic carbocycles. The van der Waals surface area contributed by atoms with Gasteiger partial charge in [-0.15, -0.1) is 0 Å². The molecule has 0 atom stereocenters. The number of benzene rings is 2. The summed E-state index contributed by atoms with van der Waals surface area (Å²) in [6.45, 7) is 0. The van der Waals surface area contributed by atoms with Crippen molar-refractivity contribution in [3.63, 3.8) is 0 Å². The highest BCUT2D eigenvalue weighted by Crippen LogP contribution is 2.22. The van der Waals surface area contributed by atoms with Crippen molar-refractivity contribution in [1.29, 1.82) is 0 Å². The lowest BCUT2D eigenvalue weighted by Crippen LogP contribution is -1.87. The molecule has 0 aromatic heterocycles. The highest BCUT2D eigenvalue weighted by atomic mass is 79.9. The summed E-state index contributed by atoms with van der Waals surface area (Å²) in [5.74, 6) is 0. The summed E-state index contributed by atoms with van der Waals surface area (Å²) in [6, 6.07) is 12.3. The molecule has 0 aliphatic rings. The van der Waals surface area contributed by atoms with Gasteiger partial charge in [0.2, 0.25) is 0 Å². The third-order valence-corrected chi connectivity index (χ3v) is 2.78. The Morgan fingerprint density at radius 1 is 1.15 bits per heavy atom. The van der Waals surface area contributed by atoms with Gasteiger partial charge in [-0.25, -0.2) is 0 Å². The molecule has 0 aliphatic carbocycles. The molecule has 0 amide bonds. The highest BCUT2D eigenvalue weighted by molar-refractivity contribution is 9.08. The van der Waals surface area contributed by atoms with Crippen molar-refractivity contribution in [2.75, 3.05) is 5.73 Å². The molecule has 13 heavy (non-hydrogen) atoms. The predicted octanol–water partition coefficient (Wildman–Crippen LogP) is 3.32. The largest absolute Gasteiger partial charge is 0.398 e. The van der Waals surface area contributed by atoms with Crippen LogP contribution >= 0.6 is 15.9 Å². The number of rotatable bonds is 1. The molecule has 2 N–H and O–H groups in total. The summed E-state index contributed by atoms with van der Waals surface area (Å²) in [7, 11) is 0. The van der Waals surface area contributed by atoms with Gasteiger partial charge in [0.05, 0.1) is 0 Å². The molecule has 66 valence electrons. The van der Waals surface area contributed by atoms with E-state index in [1.165, 1.54) is 10.9 Å². The van der Waals surface area contributed by atoms with Crippen LogP contribution in [0.2, 0.25) is 0 Å². The lowest BCUT2D eigenvalue weighted by molar-refractivity contribution is 1.47. The number of hydrogen-bond donors (Lipinski definition) is 1. The van der Waals surface area contributed by atoms with Crippen molar-refractivity contribution in [2.24, 2.45) is 0 Å². The van der Waals surface area contributed by atoms with Crippen LogP contribution in [-0.2, 0) is 5.33 Å². The number of anilines is 1.